The van der Waals surface area contributed by atoms with Gasteiger partial charge in [0, 0.05) is 37.3 Å². The van der Waals surface area contributed by atoms with Crippen LogP contribution in [-0.2, 0) is 11.3 Å². The summed E-state index contributed by atoms with van der Waals surface area (Å²) < 4.78 is 13.9. The second-order valence-electron chi connectivity index (χ2n) is 4.95. The Labute approximate surface area is 136 Å². The maximum Gasteiger partial charge on any atom is 0.281 e. The number of carbonyl (C=O) groups excluding carboxylic acids is 1. The van der Waals surface area contributed by atoms with Crippen LogP contribution in [0.4, 0.5) is 4.39 Å². The average molecular weight is 344 g/mol. The van der Waals surface area contributed by atoms with E-state index in [1.807, 2.05) is 6.92 Å². The highest BCUT2D eigenvalue weighted by Gasteiger charge is 2.34. The van der Waals surface area contributed by atoms with Crippen LogP contribution < -0.4 is 0 Å². The van der Waals surface area contributed by atoms with E-state index < -0.39 is 10.8 Å². The van der Waals surface area contributed by atoms with Crippen LogP contribution in [0.15, 0.2) is 17.4 Å². The van der Waals surface area contributed by atoms with Crippen molar-refractivity contribution in [2.24, 2.45) is 5.10 Å². The Morgan fingerprint density at radius 3 is 2.91 bits per heavy atom. The molecule has 0 saturated carbocycles. The van der Waals surface area contributed by atoms with Crippen LogP contribution in [0.5, 0.6) is 0 Å². The number of amides is 1. The fourth-order valence-electron chi connectivity index (χ4n) is 2.27. The van der Waals surface area contributed by atoms with Crippen molar-refractivity contribution in [1.29, 1.82) is 0 Å². The van der Waals surface area contributed by atoms with E-state index in [0.717, 1.165) is 6.07 Å². The molecule has 0 aliphatic carbocycles. The summed E-state index contributed by atoms with van der Waals surface area (Å²) in [5.74, 6) is -0.892. The van der Waals surface area contributed by atoms with E-state index in [9.17, 15) is 19.3 Å². The molecule has 10 heteroatoms. The van der Waals surface area contributed by atoms with Gasteiger partial charge in [-0.1, -0.05) is 18.5 Å². The molecule has 1 saturated heterocycles. The molecule has 1 fully saturated rings. The summed E-state index contributed by atoms with van der Waals surface area (Å²) in [7, 11) is 0. The molecule has 1 aromatic rings. The number of rotatable bonds is 5. The highest BCUT2D eigenvalue weighted by Crippen LogP contribution is 2.18. The van der Waals surface area contributed by atoms with Gasteiger partial charge in [0.25, 0.3) is 5.96 Å². The number of hydrogen-bond acceptors (Lipinski definition) is 4. The van der Waals surface area contributed by atoms with E-state index in [0.29, 0.717) is 13.0 Å². The van der Waals surface area contributed by atoms with E-state index in [-0.39, 0.29) is 42.1 Å². The number of aromatic nitrogens is 1. The standard InChI is InChI=1S/C13H15ClFN5O3/c1-2-3-12(21)19-5-4-18(13(19)17-20(22)23)8-9-7-16-11(14)6-10(9)15/h6-7H,2-5,8H2,1H3. The molecule has 8 nitrogen and oxygen atoms in total. The summed E-state index contributed by atoms with van der Waals surface area (Å²) >= 11 is 5.60. The minimum absolute atomic E-state index is 0.0125. The van der Waals surface area contributed by atoms with Gasteiger partial charge in [-0.2, -0.15) is 0 Å². The fraction of sp³-hybridized carbons (Fsp3) is 0.462. The van der Waals surface area contributed by atoms with Crippen molar-refractivity contribution in [1.82, 2.24) is 14.8 Å². The molecule has 1 aliphatic rings. The number of halogens is 2. The number of hydrazone groups is 1. The fourth-order valence-corrected chi connectivity index (χ4v) is 2.42. The molecule has 0 radical (unpaired) electrons. The van der Waals surface area contributed by atoms with Crippen molar-refractivity contribution in [2.75, 3.05) is 13.1 Å². The van der Waals surface area contributed by atoms with Crippen LogP contribution in [0.3, 0.4) is 0 Å². The minimum Gasteiger partial charge on any atom is -0.331 e. The van der Waals surface area contributed by atoms with Gasteiger partial charge in [-0.05, 0) is 6.42 Å². The quantitative estimate of drug-likeness (QED) is 0.462. The number of nitro groups is 1. The van der Waals surface area contributed by atoms with Gasteiger partial charge in [0.2, 0.25) is 5.91 Å². The van der Waals surface area contributed by atoms with Gasteiger partial charge in [-0.25, -0.2) is 19.5 Å². The molecule has 0 unspecified atom stereocenters. The summed E-state index contributed by atoms with van der Waals surface area (Å²) in [6.07, 6.45) is 2.15. The molecule has 1 amide bonds. The lowest BCUT2D eigenvalue weighted by Crippen LogP contribution is -2.38. The van der Waals surface area contributed by atoms with E-state index in [4.69, 9.17) is 11.6 Å². The summed E-state index contributed by atoms with van der Waals surface area (Å²) in [5.41, 5.74) is 0.218. The van der Waals surface area contributed by atoms with Gasteiger partial charge < -0.3 is 4.90 Å². The number of carbonyl (C=O) groups is 1. The SMILES string of the molecule is CCCC(=O)N1CCN(Cc2cnc(Cl)cc2F)C1=N[N+](=O)[O-]. The Hall–Kier alpha value is -2.29. The van der Waals surface area contributed by atoms with Crippen LogP contribution >= 0.6 is 11.6 Å². The zero-order valence-corrected chi connectivity index (χ0v) is 13.2. The Balaban J connectivity index is 2.23. The summed E-state index contributed by atoms with van der Waals surface area (Å²) in [5, 5.41) is 13.2. The topological polar surface area (TPSA) is 91.9 Å². The van der Waals surface area contributed by atoms with E-state index in [2.05, 4.69) is 10.1 Å². The Kier molecular flexibility index (Phi) is 5.43. The zero-order chi connectivity index (χ0) is 17.0. The van der Waals surface area contributed by atoms with Gasteiger partial charge in [0.05, 0.1) is 6.54 Å². The van der Waals surface area contributed by atoms with Gasteiger partial charge >= 0.3 is 0 Å². The van der Waals surface area contributed by atoms with Crippen LogP contribution in [0.2, 0.25) is 5.15 Å². The molecular weight excluding hydrogens is 329 g/mol. The second kappa shape index (κ2) is 7.32. The van der Waals surface area contributed by atoms with Crippen molar-refractivity contribution in [3.05, 3.63) is 38.9 Å². The minimum atomic E-state index is -0.865. The molecular formula is C13H15ClFN5O3. The molecule has 124 valence electrons. The van der Waals surface area contributed by atoms with Crippen LogP contribution in [-0.4, -0.2) is 44.8 Å². The zero-order valence-electron chi connectivity index (χ0n) is 12.4. The molecule has 0 atom stereocenters. The Bertz CT molecular complexity index is 654. The maximum atomic E-state index is 13.9. The predicted octanol–water partition coefficient (Wildman–Crippen LogP) is 1.87. The third-order valence-corrected chi connectivity index (χ3v) is 3.52. The third kappa shape index (κ3) is 4.13. The summed E-state index contributed by atoms with van der Waals surface area (Å²) in [4.78, 5) is 29.3. The molecule has 2 rings (SSSR count). The number of guanidine groups is 1. The van der Waals surface area contributed by atoms with Gasteiger partial charge in [0.1, 0.15) is 16.1 Å². The molecule has 0 bridgehead atoms. The lowest BCUT2D eigenvalue weighted by molar-refractivity contribution is -0.486. The molecule has 0 spiro atoms. The normalized spacial score (nSPS) is 16.2. The van der Waals surface area contributed by atoms with Crippen molar-refractivity contribution >= 4 is 23.5 Å². The van der Waals surface area contributed by atoms with Gasteiger partial charge in [0.15, 0.2) is 5.03 Å². The number of hydrogen-bond donors (Lipinski definition) is 0. The van der Waals surface area contributed by atoms with Crippen LogP contribution in [0.25, 0.3) is 0 Å². The lowest BCUT2D eigenvalue weighted by atomic mass is 10.2. The van der Waals surface area contributed by atoms with Crippen molar-refractivity contribution in [3.63, 3.8) is 0 Å². The van der Waals surface area contributed by atoms with Crippen LogP contribution in [0, 0.1) is 15.9 Å². The molecule has 1 aromatic heterocycles. The summed E-state index contributed by atoms with van der Waals surface area (Å²) in [6, 6.07) is 1.07. The average Bonchev–Trinajstić information content (AvgIpc) is 2.84. The molecule has 0 aromatic carbocycles. The largest absolute Gasteiger partial charge is 0.331 e. The van der Waals surface area contributed by atoms with Gasteiger partial charge in [-0.15, -0.1) is 0 Å². The molecule has 0 N–H and O–H groups in total. The van der Waals surface area contributed by atoms with Gasteiger partial charge in [-0.3, -0.25) is 9.69 Å². The first-order valence-electron chi connectivity index (χ1n) is 7.00. The Morgan fingerprint density at radius 2 is 2.30 bits per heavy atom. The maximum absolute atomic E-state index is 13.9. The Morgan fingerprint density at radius 1 is 1.57 bits per heavy atom. The lowest BCUT2D eigenvalue weighted by Gasteiger charge is -2.19. The monoisotopic (exact) mass is 343 g/mol. The van der Waals surface area contributed by atoms with Crippen molar-refractivity contribution in [2.45, 2.75) is 26.3 Å². The highest BCUT2D eigenvalue weighted by atomic mass is 35.5. The predicted molar refractivity (Wildman–Crippen MR) is 80.7 cm³/mol. The first-order valence-corrected chi connectivity index (χ1v) is 7.38. The van der Waals surface area contributed by atoms with Crippen LogP contribution in [0.1, 0.15) is 25.3 Å². The van der Waals surface area contributed by atoms with Crippen molar-refractivity contribution < 1.29 is 14.2 Å². The molecule has 23 heavy (non-hydrogen) atoms. The smallest absolute Gasteiger partial charge is 0.281 e. The highest BCUT2D eigenvalue weighted by molar-refractivity contribution is 6.29. The molecule has 2 heterocycles. The van der Waals surface area contributed by atoms with E-state index in [1.165, 1.54) is 16.0 Å². The first kappa shape index (κ1) is 17.1. The number of nitrogens with zero attached hydrogens (tertiary/aromatic N) is 5. The number of pyridine rings is 1. The first-order chi connectivity index (χ1) is 10.9. The summed E-state index contributed by atoms with van der Waals surface area (Å²) in [6.45, 7) is 2.45. The van der Waals surface area contributed by atoms with E-state index in [1.54, 1.807) is 0 Å². The third-order valence-electron chi connectivity index (χ3n) is 3.31. The molecule has 1 aliphatic heterocycles. The second-order valence-corrected chi connectivity index (χ2v) is 5.34. The van der Waals surface area contributed by atoms with Crippen molar-refractivity contribution in [3.8, 4) is 0 Å². The van der Waals surface area contributed by atoms with E-state index >= 15 is 0 Å².